The number of rotatable bonds is 4. The molecule has 0 aliphatic carbocycles. The first-order valence-corrected chi connectivity index (χ1v) is 6.39. The number of carbonyl (C=O) groups excluding carboxylic acids is 2. The minimum atomic E-state index is -0.730. The van der Waals surface area contributed by atoms with Crippen molar-refractivity contribution >= 4 is 17.5 Å². The third-order valence-electron chi connectivity index (χ3n) is 3.30. The van der Waals surface area contributed by atoms with Crippen LogP contribution in [0.2, 0.25) is 0 Å². The summed E-state index contributed by atoms with van der Waals surface area (Å²) in [7, 11) is 0. The second-order valence-electron chi connectivity index (χ2n) is 5.06. The summed E-state index contributed by atoms with van der Waals surface area (Å²) < 4.78 is 1.64. The van der Waals surface area contributed by atoms with Gasteiger partial charge in [-0.15, -0.1) is 0 Å². The number of β-amino-alcohol motifs (C(OH)–C–C–N with tert-alkyl or cyclic N) is 1. The number of aliphatic hydroxyl groups excluding tert-OH is 1. The summed E-state index contributed by atoms with van der Waals surface area (Å²) in [4.78, 5) is 24.1. The maximum atomic E-state index is 11.2. The number of hydrogen-bond acceptors (Lipinski definition) is 6. The molecule has 0 radical (unpaired) electrons. The molecule has 4 N–H and O–H groups in total. The van der Waals surface area contributed by atoms with E-state index in [9.17, 15) is 14.7 Å². The fourth-order valence-corrected chi connectivity index (χ4v) is 2.27. The van der Waals surface area contributed by atoms with E-state index in [0.29, 0.717) is 5.69 Å². The van der Waals surface area contributed by atoms with Gasteiger partial charge >= 0.3 is 0 Å². The maximum absolute atomic E-state index is 11.2. The number of aromatic nitrogens is 2. The Morgan fingerprint density at radius 2 is 1.90 bits per heavy atom. The van der Waals surface area contributed by atoms with Gasteiger partial charge in [-0.25, -0.2) is 0 Å². The molecule has 1 aromatic rings. The fourth-order valence-electron chi connectivity index (χ4n) is 2.27. The van der Waals surface area contributed by atoms with E-state index in [1.807, 2.05) is 6.92 Å². The van der Waals surface area contributed by atoms with Gasteiger partial charge in [-0.05, 0) is 13.8 Å². The van der Waals surface area contributed by atoms with E-state index < -0.39 is 6.10 Å². The predicted molar refractivity (Wildman–Crippen MR) is 71.7 cm³/mol. The number of hydrogen-bond donors (Lipinski definition) is 3. The van der Waals surface area contributed by atoms with Crippen molar-refractivity contribution in [2.24, 2.45) is 0 Å². The van der Waals surface area contributed by atoms with Crippen molar-refractivity contribution in [1.82, 2.24) is 20.0 Å². The number of nitrogens with zero attached hydrogens (tertiary/aromatic N) is 3. The largest absolute Gasteiger partial charge is 0.396 e. The zero-order valence-electron chi connectivity index (χ0n) is 11.6. The molecule has 1 aliphatic rings. The van der Waals surface area contributed by atoms with Gasteiger partial charge in [-0.1, -0.05) is 0 Å². The minimum Gasteiger partial charge on any atom is -0.396 e. The highest BCUT2D eigenvalue weighted by Gasteiger charge is 2.24. The number of amides is 2. The van der Waals surface area contributed by atoms with Gasteiger partial charge in [-0.2, -0.15) is 5.10 Å². The number of nitrogens with two attached hydrogens (primary N) is 1. The van der Waals surface area contributed by atoms with Crippen LogP contribution in [0.15, 0.2) is 0 Å². The average molecular weight is 281 g/mol. The number of piperazine rings is 1. The van der Waals surface area contributed by atoms with Crippen LogP contribution in [0.1, 0.15) is 11.4 Å². The van der Waals surface area contributed by atoms with Crippen molar-refractivity contribution in [2.75, 3.05) is 25.4 Å². The summed E-state index contributed by atoms with van der Waals surface area (Å²) in [5.41, 5.74) is 7.97. The highest BCUT2D eigenvalue weighted by molar-refractivity contribution is 5.99. The zero-order chi connectivity index (χ0) is 14.9. The highest BCUT2D eigenvalue weighted by Crippen LogP contribution is 2.15. The van der Waals surface area contributed by atoms with E-state index in [0.717, 1.165) is 11.4 Å². The maximum Gasteiger partial charge on any atom is 0.240 e. The molecule has 8 heteroatoms. The first-order chi connectivity index (χ1) is 9.36. The average Bonchev–Trinajstić information content (AvgIpc) is 2.55. The molecular weight excluding hydrogens is 262 g/mol. The molecule has 0 saturated carbocycles. The van der Waals surface area contributed by atoms with Crippen molar-refractivity contribution in [3.63, 3.8) is 0 Å². The van der Waals surface area contributed by atoms with Crippen LogP contribution in [0.3, 0.4) is 0 Å². The second kappa shape index (κ2) is 5.59. The molecule has 20 heavy (non-hydrogen) atoms. The van der Waals surface area contributed by atoms with Gasteiger partial charge in [0.05, 0.1) is 42.8 Å². The number of aliphatic hydroxyl groups is 1. The van der Waals surface area contributed by atoms with E-state index in [1.165, 1.54) is 0 Å². The van der Waals surface area contributed by atoms with E-state index in [-0.39, 0.29) is 38.0 Å². The van der Waals surface area contributed by atoms with Crippen molar-refractivity contribution in [3.8, 4) is 0 Å². The van der Waals surface area contributed by atoms with E-state index in [1.54, 1.807) is 16.5 Å². The lowest BCUT2D eigenvalue weighted by Crippen LogP contribution is -2.53. The first-order valence-electron chi connectivity index (χ1n) is 6.39. The topological polar surface area (TPSA) is 113 Å². The van der Waals surface area contributed by atoms with E-state index >= 15 is 0 Å². The third kappa shape index (κ3) is 3.14. The molecule has 2 amide bonds. The fraction of sp³-hybridized carbons (Fsp3) is 0.583. The lowest BCUT2D eigenvalue weighted by Gasteiger charge is -2.27. The molecule has 0 bridgehead atoms. The molecule has 1 aliphatic heterocycles. The molecule has 2 heterocycles. The standard InChI is InChI=1S/C12H19N5O3/c1-7-12(13)8(2)17(15-7)4-9(18)3-16-5-10(19)14-11(20)6-16/h9,18H,3-6,13H2,1-2H3,(H,14,19,20). The number of anilines is 1. The van der Waals surface area contributed by atoms with Crippen LogP contribution in [0, 0.1) is 13.8 Å². The van der Waals surface area contributed by atoms with Gasteiger partial charge in [0.15, 0.2) is 0 Å². The van der Waals surface area contributed by atoms with E-state index in [4.69, 9.17) is 5.73 Å². The lowest BCUT2D eigenvalue weighted by atomic mass is 10.2. The zero-order valence-corrected chi connectivity index (χ0v) is 11.6. The molecule has 1 atom stereocenters. The van der Waals surface area contributed by atoms with Gasteiger partial charge in [0.2, 0.25) is 11.8 Å². The molecule has 8 nitrogen and oxygen atoms in total. The number of carbonyl (C=O) groups is 2. The molecule has 0 spiro atoms. The van der Waals surface area contributed by atoms with E-state index in [2.05, 4.69) is 10.4 Å². The second-order valence-corrected chi connectivity index (χ2v) is 5.06. The van der Waals surface area contributed by atoms with Gasteiger partial charge in [0.1, 0.15) is 0 Å². The Labute approximate surface area is 116 Å². The van der Waals surface area contributed by atoms with Crippen molar-refractivity contribution in [2.45, 2.75) is 26.5 Å². The van der Waals surface area contributed by atoms with Gasteiger partial charge in [0, 0.05) is 6.54 Å². The molecule has 0 aromatic carbocycles. The number of imide groups is 1. The van der Waals surface area contributed by atoms with Gasteiger partial charge < -0.3 is 10.8 Å². The molecule has 1 saturated heterocycles. The Balaban J connectivity index is 1.95. The molecule has 1 fully saturated rings. The number of aryl methyl sites for hydroxylation is 1. The molecule has 2 rings (SSSR count). The summed E-state index contributed by atoms with van der Waals surface area (Å²) in [6, 6.07) is 0. The Hall–Kier alpha value is -1.93. The van der Waals surface area contributed by atoms with Crippen LogP contribution in [-0.4, -0.2) is 57.3 Å². The monoisotopic (exact) mass is 281 g/mol. The molecule has 1 aromatic heterocycles. The van der Waals surface area contributed by atoms with Crippen LogP contribution in [0.4, 0.5) is 5.69 Å². The van der Waals surface area contributed by atoms with Crippen LogP contribution < -0.4 is 11.1 Å². The Morgan fingerprint density at radius 3 is 2.40 bits per heavy atom. The summed E-state index contributed by atoms with van der Waals surface area (Å²) in [5, 5.41) is 16.5. The summed E-state index contributed by atoms with van der Waals surface area (Å²) in [5.74, 6) is -0.687. The lowest BCUT2D eigenvalue weighted by molar-refractivity contribution is -0.136. The number of nitrogens with one attached hydrogen (secondary N) is 1. The summed E-state index contributed by atoms with van der Waals surface area (Å²) in [6.45, 7) is 4.37. The Kier molecular flexibility index (Phi) is 4.05. The third-order valence-corrected chi connectivity index (χ3v) is 3.30. The van der Waals surface area contributed by atoms with Crippen molar-refractivity contribution < 1.29 is 14.7 Å². The number of nitrogen functional groups attached to an aromatic ring is 1. The van der Waals surface area contributed by atoms with Gasteiger partial charge in [-0.3, -0.25) is 24.5 Å². The predicted octanol–water partition coefficient (Wildman–Crippen LogP) is -1.60. The first kappa shape index (κ1) is 14.5. The van der Waals surface area contributed by atoms with Crippen molar-refractivity contribution in [1.29, 1.82) is 0 Å². The summed E-state index contributed by atoms with van der Waals surface area (Å²) in [6.07, 6.45) is -0.730. The van der Waals surface area contributed by atoms with Crippen LogP contribution >= 0.6 is 0 Å². The highest BCUT2D eigenvalue weighted by atomic mass is 16.3. The normalized spacial score (nSPS) is 18.1. The SMILES string of the molecule is Cc1nn(CC(O)CN2CC(=O)NC(=O)C2)c(C)c1N. The molecular formula is C12H19N5O3. The van der Waals surface area contributed by atoms with Crippen LogP contribution in [0.5, 0.6) is 0 Å². The molecule has 1 unspecified atom stereocenters. The summed E-state index contributed by atoms with van der Waals surface area (Å²) >= 11 is 0. The quantitative estimate of drug-likeness (QED) is 0.573. The Morgan fingerprint density at radius 1 is 1.30 bits per heavy atom. The van der Waals surface area contributed by atoms with Crippen LogP contribution in [0.25, 0.3) is 0 Å². The molecule has 110 valence electrons. The van der Waals surface area contributed by atoms with Crippen LogP contribution in [-0.2, 0) is 16.1 Å². The smallest absolute Gasteiger partial charge is 0.240 e. The minimum absolute atomic E-state index is 0.113. The van der Waals surface area contributed by atoms with Crippen molar-refractivity contribution in [3.05, 3.63) is 11.4 Å². The Bertz CT molecular complexity index is 523. The van der Waals surface area contributed by atoms with Gasteiger partial charge in [0.25, 0.3) is 0 Å².